The van der Waals surface area contributed by atoms with Gasteiger partial charge in [0.1, 0.15) is 11.2 Å². The van der Waals surface area contributed by atoms with Crippen molar-refractivity contribution in [3.63, 3.8) is 0 Å². The van der Waals surface area contributed by atoms with Crippen molar-refractivity contribution in [2.45, 2.75) is 19.3 Å². The predicted octanol–water partition coefficient (Wildman–Crippen LogP) is 16.2. The summed E-state index contributed by atoms with van der Waals surface area (Å²) in [4.78, 5) is 5.01. The topological polar surface area (TPSA) is 49.4 Å². The number of para-hydroxylation sites is 1. The monoisotopic (exact) mass is 818 g/mol. The molecule has 0 spiro atoms. The number of hydrogen-bond acceptors (Lipinski definition) is 2. The van der Waals surface area contributed by atoms with E-state index in [1.54, 1.807) is 0 Å². The molecule has 302 valence electrons. The van der Waals surface area contributed by atoms with Gasteiger partial charge in [0.2, 0.25) is 0 Å². The fraction of sp³-hybridized carbons (Fsp3) is 0.0492. The molecule has 64 heavy (non-hydrogen) atoms. The molecule has 1 aliphatic rings. The Bertz CT molecular complexity index is 3770. The zero-order valence-corrected chi connectivity index (χ0v) is 35.6. The molecule has 10 aromatic carbocycles. The standard InChI is InChI=1S/C61H42N2O/c1-61(2)53-36-31-38-16-6-7-20-42(38)57(53)52-27-14-25-49(59(52)61)48-35-34-47(44-22-10-11-23-45(44)48)46-33-30-39(41-19-8-9-21-43(41)46)32-37-54(63-60(62)40-17-4-3-5-18-40)50-26-15-29-56-58(50)51-24-12-13-28-55(51)64-56/h3-37,62H,1-2H3/b37-32+,62-60?,63-54?. The van der Waals surface area contributed by atoms with Gasteiger partial charge in [0.05, 0.1) is 5.71 Å². The number of rotatable bonds is 6. The fourth-order valence-corrected chi connectivity index (χ4v) is 10.5. The average Bonchev–Trinajstić information content (AvgIpc) is 3.85. The third-order valence-corrected chi connectivity index (χ3v) is 13.4. The molecule has 1 aliphatic carbocycles. The van der Waals surface area contributed by atoms with Crippen molar-refractivity contribution in [3.8, 4) is 33.4 Å². The number of nitrogens with zero attached hydrogens (tertiary/aromatic N) is 1. The lowest BCUT2D eigenvalue weighted by atomic mass is 9.78. The van der Waals surface area contributed by atoms with Crippen LogP contribution in [0.3, 0.4) is 0 Å². The first-order valence-electron chi connectivity index (χ1n) is 22.0. The molecule has 0 atom stereocenters. The highest BCUT2D eigenvalue weighted by Gasteiger charge is 2.38. The average molecular weight is 819 g/mol. The Morgan fingerprint density at radius 2 is 1.06 bits per heavy atom. The van der Waals surface area contributed by atoms with Crippen LogP contribution in [0.5, 0.6) is 0 Å². The summed E-state index contributed by atoms with van der Waals surface area (Å²) < 4.78 is 6.29. The van der Waals surface area contributed by atoms with E-state index in [0.29, 0.717) is 5.71 Å². The van der Waals surface area contributed by atoms with Crippen LogP contribution in [0.25, 0.3) is 93.7 Å². The summed E-state index contributed by atoms with van der Waals surface area (Å²) >= 11 is 0. The maximum Gasteiger partial charge on any atom is 0.152 e. The highest BCUT2D eigenvalue weighted by atomic mass is 16.3. The van der Waals surface area contributed by atoms with Gasteiger partial charge in [0, 0.05) is 27.3 Å². The molecule has 11 aromatic rings. The molecule has 1 heterocycles. The van der Waals surface area contributed by atoms with E-state index >= 15 is 0 Å². The maximum absolute atomic E-state index is 9.09. The van der Waals surface area contributed by atoms with Crippen LogP contribution < -0.4 is 0 Å². The second-order valence-corrected chi connectivity index (χ2v) is 17.3. The van der Waals surface area contributed by atoms with Crippen molar-refractivity contribution in [3.05, 3.63) is 234 Å². The van der Waals surface area contributed by atoms with E-state index in [4.69, 9.17) is 14.8 Å². The van der Waals surface area contributed by atoms with Crippen molar-refractivity contribution in [1.82, 2.24) is 0 Å². The van der Waals surface area contributed by atoms with Gasteiger partial charge in [-0.25, -0.2) is 4.99 Å². The minimum absolute atomic E-state index is 0.171. The summed E-state index contributed by atoms with van der Waals surface area (Å²) in [6.07, 6.45) is 4.20. The van der Waals surface area contributed by atoms with Crippen LogP contribution in [0.15, 0.2) is 216 Å². The van der Waals surface area contributed by atoms with E-state index in [1.807, 2.05) is 60.7 Å². The van der Waals surface area contributed by atoms with E-state index < -0.39 is 0 Å². The van der Waals surface area contributed by atoms with Crippen LogP contribution in [0.2, 0.25) is 0 Å². The van der Waals surface area contributed by atoms with Gasteiger partial charge in [0.15, 0.2) is 5.84 Å². The minimum atomic E-state index is -0.171. The molecule has 12 rings (SSSR count). The first-order valence-corrected chi connectivity index (χ1v) is 22.0. The van der Waals surface area contributed by atoms with Gasteiger partial charge in [-0.1, -0.05) is 208 Å². The third-order valence-electron chi connectivity index (χ3n) is 13.4. The van der Waals surface area contributed by atoms with Crippen molar-refractivity contribution in [2.24, 2.45) is 4.99 Å². The summed E-state index contributed by atoms with van der Waals surface area (Å²) in [6.45, 7) is 4.77. The van der Waals surface area contributed by atoms with Gasteiger partial charge < -0.3 is 4.42 Å². The molecule has 3 nitrogen and oxygen atoms in total. The lowest BCUT2D eigenvalue weighted by Gasteiger charge is -2.25. The van der Waals surface area contributed by atoms with Crippen LogP contribution in [0, 0.1) is 5.41 Å². The summed E-state index contributed by atoms with van der Waals surface area (Å²) in [5, 5.41) is 18.5. The normalized spacial score (nSPS) is 13.4. The van der Waals surface area contributed by atoms with Gasteiger partial charge in [-0.05, 0) is 101 Å². The Balaban J connectivity index is 0.986. The van der Waals surface area contributed by atoms with Crippen molar-refractivity contribution < 1.29 is 4.42 Å². The summed E-state index contributed by atoms with van der Waals surface area (Å²) in [7, 11) is 0. The molecule has 0 saturated heterocycles. The number of fused-ring (bicyclic) bond motifs is 10. The Morgan fingerprint density at radius 3 is 1.83 bits per heavy atom. The molecule has 0 radical (unpaired) electrons. The van der Waals surface area contributed by atoms with Gasteiger partial charge in [-0.15, -0.1) is 0 Å². The Kier molecular flexibility index (Phi) is 8.67. The van der Waals surface area contributed by atoms with Crippen LogP contribution >= 0.6 is 0 Å². The van der Waals surface area contributed by atoms with Gasteiger partial charge in [-0.3, -0.25) is 5.41 Å². The van der Waals surface area contributed by atoms with Crippen molar-refractivity contribution >= 4 is 71.9 Å². The molecular weight excluding hydrogens is 777 g/mol. The molecule has 0 saturated carbocycles. The molecule has 0 bridgehead atoms. The lowest BCUT2D eigenvalue weighted by molar-refractivity contribution is 0.662. The molecule has 1 aromatic heterocycles. The third kappa shape index (κ3) is 5.89. The number of allylic oxidation sites excluding steroid dienone is 1. The molecular formula is C61H42N2O. The number of aliphatic imine (C=N–C) groups is 1. The molecule has 0 aliphatic heterocycles. The minimum Gasteiger partial charge on any atom is -0.456 e. The largest absolute Gasteiger partial charge is 0.456 e. The van der Waals surface area contributed by atoms with Crippen LogP contribution in [0.4, 0.5) is 0 Å². The molecule has 0 fully saturated rings. The zero-order chi connectivity index (χ0) is 42.9. The van der Waals surface area contributed by atoms with E-state index in [2.05, 4.69) is 166 Å². The van der Waals surface area contributed by atoms with Crippen LogP contribution in [0.1, 0.15) is 41.7 Å². The Morgan fingerprint density at radius 1 is 0.484 bits per heavy atom. The summed E-state index contributed by atoms with van der Waals surface area (Å²) in [5.74, 6) is 0.197. The Labute approximate surface area is 371 Å². The first-order chi connectivity index (χ1) is 31.4. The second kappa shape index (κ2) is 14.8. The fourth-order valence-electron chi connectivity index (χ4n) is 10.5. The maximum atomic E-state index is 9.09. The molecule has 1 N–H and O–H groups in total. The van der Waals surface area contributed by atoms with E-state index in [0.717, 1.165) is 44.0 Å². The lowest BCUT2D eigenvalue weighted by Crippen LogP contribution is -2.16. The highest BCUT2D eigenvalue weighted by Crippen LogP contribution is 2.55. The summed E-state index contributed by atoms with van der Waals surface area (Å²) in [6, 6.07) is 70.9. The zero-order valence-electron chi connectivity index (χ0n) is 35.6. The number of furan rings is 1. The quantitative estimate of drug-likeness (QED) is 0.132. The molecule has 0 amide bonds. The van der Waals surface area contributed by atoms with Crippen molar-refractivity contribution in [1.29, 1.82) is 5.41 Å². The van der Waals surface area contributed by atoms with Crippen LogP contribution in [-0.2, 0) is 5.41 Å². The van der Waals surface area contributed by atoms with Crippen LogP contribution in [-0.4, -0.2) is 11.5 Å². The Hall–Kier alpha value is -8.14. The second-order valence-electron chi connectivity index (χ2n) is 17.3. The SMILES string of the molecule is CC1(C)c2ccc3ccccc3c2-c2cccc(-c3ccc(-c4ccc(/C=C/C(=NC(=N)c5ccccc5)c5cccc6oc7ccccc7c56)c5ccccc45)c4ccccc34)c21. The van der Waals surface area contributed by atoms with Gasteiger partial charge in [0.25, 0.3) is 0 Å². The smallest absolute Gasteiger partial charge is 0.152 e. The van der Waals surface area contributed by atoms with E-state index in [1.165, 1.54) is 71.4 Å². The van der Waals surface area contributed by atoms with Crippen molar-refractivity contribution in [2.75, 3.05) is 0 Å². The van der Waals surface area contributed by atoms with Gasteiger partial charge in [-0.2, -0.15) is 0 Å². The van der Waals surface area contributed by atoms with Gasteiger partial charge >= 0.3 is 0 Å². The predicted molar refractivity (Wildman–Crippen MR) is 270 cm³/mol. The first kappa shape index (κ1) is 37.6. The molecule has 3 heteroatoms. The summed E-state index contributed by atoms with van der Waals surface area (Å²) in [5.41, 5.74) is 15.2. The number of benzene rings is 10. The van der Waals surface area contributed by atoms with E-state index in [-0.39, 0.29) is 11.3 Å². The number of amidine groups is 1. The number of nitrogens with one attached hydrogen (secondary N) is 1. The van der Waals surface area contributed by atoms with E-state index in [9.17, 15) is 0 Å². The molecule has 0 unspecified atom stereocenters. The highest BCUT2D eigenvalue weighted by molar-refractivity contribution is 6.26. The number of hydrogen-bond donors (Lipinski definition) is 1.